The Labute approximate surface area is 113 Å². The van der Waals surface area contributed by atoms with E-state index in [2.05, 4.69) is 10.2 Å². The molecule has 5 nitrogen and oxygen atoms in total. The quantitative estimate of drug-likeness (QED) is 0.758. The van der Waals surface area contributed by atoms with Gasteiger partial charge in [0, 0.05) is 0 Å². The Morgan fingerprint density at radius 2 is 1.55 bits per heavy atom. The SMILES string of the molecule is O=C1c2ccccc2C(=O)N1c1nnc(C(F)(F)F)s1. The van der Waals surface area contributed by atoms with Crippen molar-refractivity contribution in [2.45, 2.75) is 6.18 Å². The Kier molecular flexibility index (Phi) is 2.61. The second kappa shape index (κ2) is 4.10. The van der Waals surface area contributed by atoms with Crippen LogP contribution in [-0.4, -0.2) is 22.0 Å². The first kappa shape index (κ1) is 12.7. The van der Waals surface area contributed by atoms with Gasteiger partial charge in [-0.3, -0.25) is 9.59 Å². The number of alkyl halides is 3. The lowest BCUT2D eigenvalue weighted by molar-refractivity contribution is -0.138. The van der Waals surface area contributed by atoms with Crippen LogP contribution in [-0.2, 0) is 6.18 Å². The largest absolute Gasteiger partial charge is 0.445 e. The summed E-state index contributed by atoms with van der Waals surface area (Å²) in [4.78, 5) is 24.7. The van der Waals surface area contributed by atoms with Crippen molar-refractivity contribution in [2.24, 2.45) is 0 Å². The van der Waals surface area contributed by atoms with Crippen molar-refractivity contribution in [1.82, 2.24) is 10.2 Å². The molecule has 1 aromatic heterocycles. The Bertz CT molecular complexity index is 691. The summed E-state index contributed by atoms with van der Waals surface area (Å²) in [7, 11) is 0. The van der Waals surface area contributed by atoms with Gasteiger partial charge in [-0.1, -0.05) is 23.5 Å². The Morgan fingerprint density at radius 1 is 1.00 bits per heavy atom. The minimum atomic E-state index is -4.66. The fourth-order valence-electron chi connectivity index (χ4n) is 1.78. The molecule has 9 heteroatoms. The summed E-state index contributed by atoms with van der Waals surface area (Å²) in [6.07, 6.45) is -4.66. The van der Waals surface area contributed by atoms with Crippen molar-refractivity contribution in [2.75, 3.05) is 4.90 Å². The third-order valence-corrected chi connectivity index (χ3v) is 3.60. The van der Waals surface area contributed by atoms with E-state index in [1.807, 2.05) is 0 Å². The van der Waals surface area contributed by atoms with Gasteiger partial charge in [0.15, 0.2) is 0 Å². The van der Waals surface area contributed by atoms with Crippen LogP contribution in [0.5, 0.6) is 0 Å². The molecule has 2 amide bonds. The molecule has 2 heterocycles. The van der Waals surface area contributed by atoms with Gasteiger partial charge in [-0.05, 0) is 12.1 Å². The van der Waals surface area contributed by atoms with Gasteiger partial charge in [-0.25, -0.2) is 4.90 Å². The number of hydrogen-bond donors (Lipinski definition) is 0. The van der Waals surface area contributed by atoms with Gasteiger partial charge in [-0.15, -0.1) is 10.2 Å². The normalized spacial score (nSPS) is 14.8. The molecule has 0 saturated carbocycles. The molecule has 1 aliphatic heterocycles. The van der Waals surface area contributed by atoms with Gasteiger partial charge in [0.05, 0.1) is 11.1 Å². The number of aromatic nitrogens is 2. The first-order chi connectivity index (χ1) is 9.39. The molecule has 3 rings (SSSR count). The molecule has 0 N–H and O–H groups in total. The van der Waals surface area contributed by atoms with Gasteiger partial charge >= 0.3 is 6.18 Å². The van der Waals surface area contributed by atoms with Crippen molar-refractivity contribution in [3.8, 4) is 0 Å². The molecule has 1 aliphatic rings. The zero-order valence-electron chi connectivity index (χ0n) is 9.51. The molecule has 2 aromatic rings. The number of hydrogen-bond acceptors (Lipinski definition) is 5. The average molecular weight is 299 g/mol. The summed E-state index contributed by atoms with van der Waals surface area (Å²) >= 11 is 0.152. The van der Waals surface area contributed by atoms with Crippen LogP contribution in [0.4, 0.5) is 18.3 Å². The number of imide groups is 1. The number of amides is 2. The van der Waals surface area contributed by atoms with Gasteiger partial charge < -0.3 is 0 Å². The Hall–Kier alpha value is -2.29. The highest BCUT2D eigenvalue weighted by molar-refractivity contribution is 7.15. The summed E-state index contributed by atoms with van der Waals surface area (Å²) in [5.74, 6) is -1.40. The summed E-state index contributed by atoms with van der Waals surface area (Å²) in [6.45, 7) is 0. The number of halogens is 3. The molecular formula is C11H4F3N3O2S. The maximum atomic E-state index is 12.5. The number of nitrogens with zero attached hydrogens (tertiary/aromatic N) is 3. The van der Waals surface area contributed by atoms with E-state index in [1.165, 1.54) is 12.1 Å². The van der Waals surface area contributed by atoms with E-state index in [0.29, 0.717) is 4.90 Å². The number of rotatable bonds is 1. The predicted octanol–water partition coefficient (Wildman–Crippen LogP) is 2.36. The maximum Gasteiger partial charge on any atom is 0.445 e. The molecule has 0 saturated heterocycles. The third kappa shape index (κ3) is 1.78. The molecular weight excluding hydrogens is 295 g/mol. The first-order valence-corrected chi connectivity index (χ1v) is 6.10. The highest BCUT2D eigenvalue weighted by atomic mass is 32.1. The van der Waals surface area contributed by atoms with Crippen LogP contribution < -0.4 is 4.90 Å². The van der Waals surface area contributed by atoms with Gasteiger partial charge in [-0.2, -0.15) is 13.2 Å². The lowest BCUT2D eigenvalue weighted by Gasteiger charge is -2.07. The van der Waals surface area contributed by atoms with Crippen molar-refractivity contribution >= 4 is 28.3 Å². The number of carbonyl (C=O) groups excluding carboxylic acids is 2. The molecule has 1 aromatic carbocycles. The van der Waals surface area contributed by atoms with Gasteiger partial charge in [0.25, 0.3) is 11.8 Å². The van der Waals surface area contributed by atoms with Crippen LogP contribution in [0, 0.1) is 0 Å². The molecule has 20 heavy (non-hydrogen) atoms. The Balaban J connectivity index is 2.03. The summed E-state index contributed by atoms with van der Waals surface area (Å²) in [5, 5.41) is 4.65. The van der Waals surface area contributed by atoms with Crippen molar-refractivity contribution < 1.29 is 22.8 Å². The monoisotopic (exact) mass is 299 g/mol. The van der Waals surface area contributed by atoms with E-state index >= 15 is 0 Å². The lowest BCUT2D eigenvalue weighted by Crippen LogP contribution is -2.29. The second-order valence-electron chi connectivity index (χ2n) is 3.88. The Morgan fingerprint density at radius 3 is 2.00 bits per heavy atom. The van der Waals surface area contributed by atoms with Crippen LogP contribution in [0.3, 0.4) is 0 Å². The average Bonchev–Trinajstić information content (AvgIpc) is 2.95. The van der Waals surface area contributed by atoms with Gasteiger partial charge in [0.1, 0.15) is 0 Å². The van der Waals surface area contributed by atoms with E-state index in [9.17, 15) is 22.8 Å². The third-order valence-electron chi connectivity index (χ3n) is 2.64. The topological polar surface area (TPSA) is 63.2 Å². The highest BCUT2D eigenvalue weighted by Crippen LogP contribution is 2.36. The standard InChI is InChI=1S/C11H4F3N3O2S/c12-11(13,14)9-15-16-10(20-9)17-7(18)5-3-1-2-4-6(5)8(17)19/h1-4H. The highest BCUT2D eigenvalue weighted by Gasteiger charge is 2.41. The molecule has 0 fully saturated rings. The zero-order valence-corrected chi connectivity index (χ0v) is 10.3. The van der Waals surface area contributed by atoms with Crippen LogP contribution in [0.25, 0.3) is 0 Å². The van der Waals surface area contributed by atoms with Crippen LogP contribution in [0.2, 0.25) is 0 Å². The van der Waals surface area contributed by atoms with E-state index in [-0.39, 0.29) is 27.6 Å². The van der Waals surface area contributed by atoms with Crippen molar-refractivity contribution in [3.05, 3.63) is 40.4 Å². The van der Waals surface area contributed by atoms with Gasteiger partial charge in [0.2, 0.25) is 10.1 Å². The van der Waals surface area contributed by atoms with Crippen LogP contribution in [0.1, 0.15) is 25.7 Å². The molecule has 0 unspecified atom stereocenters. The molecule has 0 spiro atoms. The molecule has 0 aliphatic carbocycles. The number of fused-ring (bicyclic) bond motifs is 1. The van der Waals surface area contributed by atoms with Crippen LogP contribution >= 0.6 is 11.3 Å². The zero-order chi connectivity index (χ0) is 14.5. The molecule has 102 valence electrons. The minimum Gasteiger partial charge on any atom is -0.268 e. The summed E-state index contributed by atoms with van der Waals surface area (Å²) in [5.41, 5.74) is 0.280. The summed E-state index contributed by atoms with van der Waals surface area (Å²) in [6, 6.07) is 5.99. The fourth-order valence-corrected chi connectivity index (χ4v) is 2.49. The van der Waals surface area contributed by atoms with Crippen LogP contribution in [0.15, 0.2) is 24.3 Å². The van der Waals surface area contributed by atoms with E-state index < -0.39 is 23.0 Å². The molecule has 0 bridgehead atoms. The molecule has 0 radical (unpaired) electrons. The second-order valence-corrected chi connectivity index (χ2v) is 4.83. The predicted molar refractivity (Wildman–Crippen MR) is 62.5 cm³/mol. The van der Waals surface area contributed by atoms with E-state index in [4.69, 9.17) is 0 Å². The van der Waals surface area contributed by atoms with Crippen molar-refractivity contribution in [3.63, 3.8) is 0 Å². The smallest absolute Gasteiger partial charge is 0.268 e. The first-order valence-electron chi connectivity index (χ1n) is 5.28. The van der Waals surface area contributed by atoms with E-state index in [0.717, 1.165) is 0 Å². The lowest BCUT2D eigenvalue weighted by atomic mass is 10.1. The molecule has 0 atom stereocenters. The summed E-state index contributed by atoms with van der Waals surface area (Å²) < 4.78 is 37.4. The number of carbonyl (C=O) groups is 2. The van der Waals surface area contributed by atoms with E-state index in [1.54, 1.807) is 12.1 Å². The minimum absolute atomic E-state index is 0.140. The fraction of sp³-hybridized carbons (Fsp3) is 0.0909. The number of benzene rings is 1. The maximum absolute atomic E-state index is 12.5. The number of anilines is 1. The van der Waals surface area contributed by atoms with Crippen molar-refractivity contribution in [1.29, 1.82) is 0 Å².